The van der Waals surface area contributed by atoms with Gasteiger partial charge in [-0.15, -0.1) is 0 Å². The topological polar surface area (TPSA) is 50.7 Å². The summed E-state index contributed by atoms with van der Waals surface area (Å²) in [5.74, 6) is 0.627. The molecular weight excluding hydrogens is 218 g/mol. The molecule has 0 spiro atoms. The Kier molecular flexibility index (Phi) is 2.94. The van der Waals surface area contributed by atoms with Gasteiger partial charge < -0.3 is 19.9 Å². The van der Waals surface area contributed by atoms with Crippen LogP contribution in [0, 0.1) is 11.8 Å². The highest BCUT2D eigenvalue weighted by Gasteiger charge is 2.51. The van der Waals surface area contributed by atoms with Crippen LogP contribution in [0.25, 0.3) is 0 Å². The van der Waals surface area contributed by atoms with E-state index in [1.807, 2.05) is 13.8 Å². The second-order valence-corrected chi connectivity index (χ2v) is 6.19. The van der Waals surface area contributed by atoms with E-state index in [0.717, 1.165) is 19.4 Å². The zero-order valence-electron chi connectivity index (χ0n) is 10.7. The molecule has 2 heterocycles. The summed E-state index contributed by atoms with van der Waals surface area (Å²) in [6, 6.07) is 0.415. The van der Waals surface area contributed by atoms with Gasteiger partial charge in [-0.3, -0.25) is 0 Å². The summed E-state index contributed by atoms with van der Waals surface area (Å²) >= 11 is 0. The molecule has 2 saturated heterocycles. The highest BCUT2D eigenvalue weighted by molar-refractivity contribution is 5.00. The number of nitrogens with one attached hydrogen (secondary N) is 1. The van der Waals surface area contributed by atoms with Gasteiger partial charge in [0.1, 0.15) is 6.10 Å². The van der Waals surface area contributed by atoms with E-state index in [4.69, 9.17) is 9.47 Å². The lowest BCUT2D eigenvalue weighted by Gasteiger charge is -2.44. The maximum atomic E-state index is 9.26. The van der Waals surface area contributed by atoms with Gasteiger partial charge in [0.15, 0.2) is 5.79 Å². The number of ether oxygens (including phenoxy) is 2. The molecule has 3 fully saturated rings. The maximum absolute atomic E-state index is 9.26. The number of hydrogen-bond acceptors (Lipinski definition) is 4. The van der Waals surface area contributed by atoms with E-state index in [9.17, 15) is 5.11 Å². The van der Waals surface area contributed by atoms with Crippen molar-refractivity contribution >= 4 is 0 Å². The SMILES string of the molecule is CC1(C)O[C@@H]2[C@H]3NC[C@@H](CO)C[C@H]3CC[C@@H]2O1. The molecule has 0 aromatic heterocycles. The van der Waals surface area contributed by atoms with Crippen molar-refractivity contribution in [2.45, 2.75) is 57.1 Å². The Balaban J connectivity index is 1.72. The average Bonchev–Trinajstić information content (AvgIpc) is 2.62. The lowest BCUT2D eigenvalue weighted by Crippen LogP contribution is -2.57. The van der Waals surface area contributed by atoms with E-state index in [0.29, 0.717) is 24.5 Å². The quantitative estimate of drug-likeness (QED) is 0.716. The van der Waals surface area contributed by atoms with Crippen molar-refractivity contribution in [1.82, 2.24) is 5.32 Å². The zero-order valence-corrected chi connectivity index (χ0v) is 10.7. The largest absolute Gasteiger partial charge is 0.396 e. The van der Waals surface area contributed by atoms with Crippen LogP contribution in [0.1, 0.15) is 33.1 Å². The Labute approximate surface area is 103 Å². The summed E-state index contributed by atoms with van der Waals surface area (Å²) < 4.78 is 12.0. The van der Waals surface area contributed by atoms with Crippen molar-refractivity contribution in [2.24, 2.45) is 11.8 Å². The molecular formula is C13H23NO3. The van der Waals surface area contributed by atoms with E-state index in [2.05, 4.69) is 5.32 Å². The highest BCUT2D eigenvalue weighted by Crippen LogP contribution is 2.42. The molecule has 0 aromatic carbocycles. The minimum Gasteiger partial charge on any atom is -0.396 e. The number of aliphatic hydroxyl groups is 1. The van der Waals surface area contributed by atoms with Gasteiger partial charge in [-0.25, -0.2) is 0 Å². The predicted octanol–water partition coefficient (Wildman–Crippen LogP) is 0.887. The Morgan fingerprint density at radius 3 is 2.88 bits per heavy atom. The van der Waals surface area contributed by atoms with E-state index in [1.165, 1.54) is 6.42 Å². The van der Waals surface area contributed by atoms with Crippen LogP contribution in [0.4, 0.5) is 0 Å². The summed E-state index contributed by atoms with van der Waals surface area (Å²) in [4.78, 5) is 0. The molecule has 4 heteroatoms. The number of hydrogen-bond donors (Lipinski definition) is 2. The molecule has 98 valence electrons. The number of piperidine rings is 1. The van der Waals surface area contributed by atoms with Crippen molar-refractivity contribution in [1.29, 1.82) is 0 Å². The molecule has 2 N–H and O–H groups in total. The Hall–Kier alpha value is -0.160. The fraction of sp³-hybridized carbons (Fsp3) is 1.00. The summed E-state index contributed by atoms with van der Waals surface area (Å²) in [5.41, 5.74) is 0. The Morgan fingerprint density at radius 1 is 1.29 bits per heavy atom. The second-order valence-electron chi connectivity index (χ2n) is 6.19. The van der Waals surface area contributed by atoms with Crippen LogP contribution >= 0.6 is 0 Å². The maximum Gasteiger partial charge on any atom is 0.163 e. The summed E-state index contributed by atoms with van der Waals surface area (Å²) in [6.07, 6.45) is 3.86. The number of fused-ring (bicyclic) bond motifs is 3. The van der Waals surface area contributed by atoms with Crippen LogP contribution in [0.15, 0.2) is 0 Å². The third-order valence-electron chi connectivity index (χ3n) is 4.44. The first-order valence-corrected chi connectivity index (χ1v) is 6.79. The average molecular weight is 241 g/mol. The summed E-state index contributed by atoms with van der Waals surface area (Å²) in [7, 11) is 0. The predicted molar refractivity (Wildman–Crippen MR) is 63.5 cm³/mol. The van der Waals surface area contributed by atoms with Crippen molar-refractivity contribution in [2.75, 3.05) is 13.2 Å². The van der Waals surface area contributed by atoms with Crippen LogP contribution in [-0.2, 0) is 9.47 Å². The third kappa shape index (κ3) is 2.12. The highest BCUT2D eigenvalue weighted by atomic mass is 16.8. The molecule has 1 aliphatic carbocycles. The molecule has 0 amide bonds. The number of rotatable bonds is 1. The van der Waals surface area contributed by atoms with Gasteiger partial charge in [-0.05, 0) is 44.9 Å². The molecule has 1 saturated carbocycles. The molecule has 3 aliphatic rings. The lowest BCUT2D eigenvalue weighted by molar-refractivity contribution is -0.148. The molecule has 0 bridgehead atoms. The van der Waals surface area contributed by atoms with Gasteiger partial charge in [-0.2, -0.15) is 0 Å². The van der Waals surface area contributed by atoms with E-state index in [-0.39, 0.29) is 12.2 Å². The van der Waals surface area contributed by atoms with E-state index in [1.54, 1.807) is 0 Å². The first kappa shape index (κ1) is 11.9. The lowest BCUT2D eigenvalue weighted by atomic mass is 9.74. The van der Waals surface area contributed by atoms with Crippen molar-refractivity contribution < 1.29 is 14.6 Å². The number of aliphatic hydroxyl groups excluding tert-OH is 1. The van der Waals surface area contributed by atoms with E-state index < -0.39 is 5.79 Å². The standard InChI is InChI=1S/C13H23NO3/c1-13(2)16-10-4-3-9-5-8(7-15)6-14-11(9)12(10)17-13/h8-12,14-15H,3-7H2,1-2H3/t8-,9+,10-,11-,12-/m0/s1. The molecule has 3 rings (SSSR count). The first-order valence-electron chi connectivity index (χ1n) is 6.79. The van der Waals surface area contributed by atoms with Crippen LogP contribution in [-0.4, -0.2) is 42.3 Å². The third-order valence-corrected chi connectivity index (χ3v) is 4.44. The zero-order chi connectivity index (χ0) is 12.0. The molecule has 0 radical (unpaired) electrons. The molecule has 2 aliphatic heterocycles. The molecule has 0 aromatic rings. The molecule has 5 atom stereocenters. The molecule has 0 unspecified atom stereocenters. The van der Waals surface area contributed by atoms with Crippen molar-refractivity contribution in [3.8, 4) is 0 Å². The first-order chi connectivity index (χ1) is 8.09. The van der Waals surface area contributed by atoms with E-state index >= 15 is 0 Å². The molecule has 4 nitrogen and oxygen atoms in total. The van der Waals surface area contributed by atoms with Crippen LogP contribution in [0.5, 0.6) is 0 Å². The smallest absolute Gasteiger partial charge is 0.163 e. The van der Waals surface area contributed by atoms with Gasteiger partial charge in [-0.1, -0.05) is 0 Å². The van der Waals surface area contributed by atoms with Gasteiger partial charge >= 0.3 is 0 Å². The Morgan fingerprint density at radius 2 is 2.12 bits per heavy atom. The van der Waals surface area contributed by atoms with Crippen molar-refractivity contribution in [3.05, 3.63) is 0 Å². The fourth-order valence-electron chi connectivity index (χ4n) is 3.72. The van der Waals surface area contributed by atoms with Gasteiger partial charge in [0.05, 0.1) is 6.10 Å². The minimum atomic E-state index is -0.431. The van der Waals surface area contributed by atoms with Crippen LogP contribution in [0.2, 0.25) is 0 Å². The summed E-state index contributed by atoms with van der Waals surface area (Å²) in [6.45, 7) is 5.21. The van der Waals surface area contributed by atoms with Gasteiger partial charge in [0, 0.05) is 19.2 Å². The summed E-state index contributed by atoms with van der Waals surface area (Å²) in [5, 5.41) is 12.8. The fourth-order valence-corrected chi connectivity index (χ4v) is 3.72. The normalized spacial score (nSPS) is 48.5. The van der Waals surface area contributed by atoms with Crippen molar-refractivity contribution in [3.63, 3.8) is 0 Å². The molecule has 17 heavy (non-hydrogen) atoms. The Bertz CT molecular complexity index is 294. The van der Waals surface area contributed by atoms with Crippen LogP contribution < -0.4 is 5.32 Å². The monoisotopic (exact) mass is 241 g/mol. The van der Waals surface area contributed by atoms with Gasteiger partial charge in [0.2, 0.25) is 0 Å². The second kappa shape index (κ2) is 4.19. The van der Waals surface area contributed by atoms with Crippen LogP contribution in [0.3, 0.4) is 0 Å². The van der Waals surface area contributed by atoms with Gasteiger partial charge in [0.25, 0.3) is 0 Å². The minimum absolute atomic E-state index is 0.198.